The number of allylic oxidation sites excluding steroid dienone is 3. The molecule has 1 unspecified atom stereocenters. The van der Waals surface area contributed by atoms with Crippen molar-refractivity contribution in [3.8, 4) is 0 Å². The molecule has 0 spiro atoms. The third-order valence-electron chi connectivity index (χ3n) is 9.16. The van der Waals surface area contributed by atoms with Gasteiger partial charge in [-0.3, -0.25) is 0 Å². The molecule has 0 aliphatic heterocycles. The second-order valence-corrected chi connectivity index (χ2v) is 14.2. The first-order chi connectivity index (χ1) is 16.9. The molecule has 4 aliphatic carbocycles. The average molecular weight is 469 g/mol. The van der Waals surface area contributed by atoms with Crippen LogP contribution >= 0.6 is 7.92 Å². The summed E-state index contributed by atoms with van der Waals surface area (Å²) in [6.45, 7) is 0. The van der Waals surface area contributed by atoms with Gasteiger partial charge in [-0.1, -0.05) is 113 Å². The van der Waals surface area contributed by atoms with Crippen LogP contribution in [0.25, 0.3) is 11.1 Å². The SMILES string of the molecule is C1=C(c2ccccc2)c2ccccc2C1=C1CCCCC1P(C1CCCCC1)C1CCCCC1. The van der Waals surface area contributed by atoms with E-state index >= 15 is 0 Å². The van der Waals surface area contributed by atoms with Crippen LogP contribution in [-0.2, 0) is 0 Å². The number of fused-ring (bicyclic) bond motifs is 1. The smallest absolute Gasteiger partial charge is 0.00148 e. The second kappa shape index (κ2) is 10.5. The molecule has 0 aromatic heterocycles. The van der Waals surface area contributed by atoms with Crippen LogP contribution in [0.5, 0.6) is 0 Å². The maximum Gasteiger partial charge on any atom is 0.00148 e. The topological polar surface area (TPSA) is 0 Å². The predicted octanol–water partition coefficient (Wildman–Crippen LogP) is 9.98. The minimum Gasteiger partial charge on any atom is -0.0930 e. The van der Waals surface area contributed by atoms with Crippen LogP contribution in [-0.4, -0.2) is 17.0 Å². The Bertz CT molecular complexity index is 1020. The van der Waals surface area contributed by atoms with Crippen molar-refractivity contribution in [3.63, 3.8) is 0 Å². The Morgan fingerprint density at radius 1 is 0.559 bits per heavy atom. The molecule has 34 heavy (non-hydrogen) atoms. The largest absolute Gasteiger partial charge is 0.0930 e. The molecule has 4 aliphatic rings. The molecule has 1 heteroatoms. The van der Waals surface area contributed by atoms with Crippen LogP contribution in [0.3, 0.4) is 0 Å². The highest BCUT2D eigenvalue weighted by Gasteiger charge is 2.40. The van der Waals surface area contributed by atoms with Gasteiger partial charge in [-0.25, -0.2) is 0 Å². The van der Waals surface area contributed by atoms with Gasteiger partial charge in [-0.2, -0.15) is 0 Å². The summed E-state index contributed by atoms with van der Waals surface area (Å²) in [6, 6.07) is 20.4. The second-order valence-electron chi connectivity index (χ2n) is 11.2. The first-order valence-electron chi connectivity index (χ1n) is 14.3. The highest BCUT2D eigenvalue weighted by molar-refractivity contribution is 7.60. The molecule has 0 nitrogen and oxygen atoms in total. The van der Waals surface area contributed by atoms with E-state index in [4.69, 9.17) is 0 Å². The Morgan fingerprint density at radius 3 is 1.82 bits per heavy atom. The summed E-state index contributed by atoms with van der Waals surface area (Å²) in [5.74, 6) is 0. The predicted molar refractivity (Wildman–Crippen MR) is 150 cm³/mol. The summed E-state index contributed by atoms with van der Waals surface area (Å²) >= 11 is 0. The van der Waals surface area contributed by atoms with Crippen LogP contribution in [0.15, 0.2) is 66.2 Å². The van der Waals surface area contributed by atoms with E-state index in [9.17, 15) is 0 Å². The highest BCUT2D eigenvalue weighted by Crippen LogP contribution is 2.64. The van der Waals surface area contributed by atoms with Gasteiger partial charge >= 0.3 is 0 Å². The van der Waals surface area contributed by atoms with Crippen molar-refractivity contribution in [3.05, 3.63) is 82.9 Å². The van der Waals surface area contributed by atoms with Crippen LogP contribution < -0.4 is 0 Å². The molecule has 6 rings (SSSR count). The molecule has 1 atom stereocenters. The Morgan fingerprint density at radius 2 is 1.15 bits per heavy atom. The fourth-order valence-corrected chi connectivity index (χ4v) is 12.2. The van der Waals surface area contributed by atoms with Gasteiger partial charge in [0.15, 0.2) is 0 Å². The van der Waals surface area contributed by atoms with Crippen molar-refractivity contribution >= 4 is 19.1 Å². The summed E-state index contributed by atoms with van der Waals surface area (Å²) in [5.41, 5.74) is 12.3. The molecular weight excluding hydrogens is 427 g/mol. The zero-order valence-electron chi connectivity index (χ0n) is 20.9. The lowest BCUT2D eigenvalue weighted by atomic mass is 9.88. The van der Waals surface area contributed by atoms with Crippen LogP contribution in [0.2, 0.25) is 0 Å². The lowest BCUT2D eigenvalue weighted by Crippen LogP contribution is -2.29. The van der Waals surface area contributed by atoms with E-state index in [-0.39, 0.29) is 7.92 Å². The lowest BCUT2D eigenvalue weighted by molar-refractivity contribution is 0.476. The quantitative estimate of drug-likeness (QED) is 0.392. The first kappa shape index (κ1) is 22.8. The van der Waals surface area contributed by atoms with Gasteiger partial charge in [0.1, 0.15) is 0 Å². The first-order valence-corrected chi connectivity index (χ1v) is 15.8. The van der Waals surface area contributed by atoms with Crippen molar-refractivity contribution in [1.29, 1.82) is 0 Å². The monoisotopic (exact) mass is 468 g/mol. The number of benzene rings is 2. The molecule has 2 aromatic carbocycles. The van der Waals surface area contributed by atoms with Crippen molar-refractivity contribution in [2.75, 3.05) is 0 Å². The van der Waals surface area contributed by atoms with E-state index in [2.05, 4.69) is 60.7 Å². The molecule has 0 radical (unpaired) electrons. The van der Waals surface area contributed by atoms with Gasteiger partial charge in [0.2, 0.25) is 0 Å². The third-order valence-corrected chi connectivity index (χ3v) is 13.2. The zero-order valence-corrected chi connectivity index (χ0v) is 21.7. The molecular formula is C33H41P. The molecule has 0 bridgehead atoms. The normalized spacial score (nSPS) is 26.5. The minimum absolute atomic E-state index is 0.0845. The number of hydrogen-bond donors (Lipinski definition) is 0. The minimum atomic E-state index is 0.0845. The van der Waals surface area contributed by atoms with Crippen molar-refractivity contribution < 1.29 is 0 Å². The average Bonchev–Trinajstić information content (AvgIpc) is 3.31. The van der Waals surface area contributed by atoms with E-state index in [0.29, 0.717) is 0 Å². The fraction of sp³-hybridized carbons (Fsp3) is 0.515. The van der Waals surface area contributed by atoms with Gasteiger partial charge in [-0.05, 0) is 90.2 Å². The summed E-state index contributed by atoms with van der Waals surface area (Å²) in [7, 11) is 0.0845. The summed E-state index contributed by atoms with van der Waals surface area (Å²) in [5, 5.41) is 0. The summed E-state index contributed by atoms with van der Waals surface area (Å²) in [6.07, 6.45) is 23.3. The van der Waals surface area contributed by atoms with Crippen LogP contribution in [0.1, 0.15) is 107 Å². The molecule has 3 fully saturated rings. The van der Waals surface area contributed by atoms with Crippen molar-refractivity contribution in [1.82, 2.24) is 0 Å². The van der Waals surface area contributed by atoms with Crippen molar-refractivity contribution in [2.45, 2.75) is 107 Å². The van der Waals surface area contributed by atoms with Gasteiger partial charge < -0.3 is 0 Å². The Balaban J connectivity index is 1.45. The maximum atomic E-state index is 2.60. The Hall–Kier alpha value is -1.65. The number of rotatable bonds is 4. The maximum absolute atomic E-state index is 2.60. The van der Waals surface area contributed by atoms with E-state index in [1.54, 1.807) is 5.57 Å². The van der Waals surface area contributed by atoms with E-state index in [1.165, 1.54) is 112 Å². The van der Waals surface area contributed by atoms with Gasteiger partial charge in [0.25, 0.3) is 0 Å². The molecule has 0 amide bonds. The third kappa shape index (κ3) is 4.48. The summed E-state index contributed by atoms with van der Waals surface area (Å²) in [4.78, 5) is 0. The van der Waals surface area contributed by atoms with E-state index in [1.807, 2.05) is 5.57 Å². The van der Waals surface area contributed by atoms with E-state index in [0.717, 1.165) is 17.0 Å². The summed E-state index contributed by atoms with van der Waals surface area (Å²) < 4.78 is 0. The fourth-order valence-electron chi connectivity index (χ4n) is 7.58. The standard InChI is InChI=1S/C33H41P/c1-4-14-25(15-5-1)31-24-32(29-21-11-10-20-28(29)31)30-22-12-13-23-33(30)34(26-16-6-2-7-17-26)27-18-8-3-9-19-27/h1,4-5,10-11,14-15,20-21,24,26-27,33H,2-3,6-9,12-13,16-19,22-23H2. The van der Waals surface area contributed by atoms with Gasteiger partial charge in [0, 0.05) is 5.66 Å². The number of hydrogen-bond acceptors (Lipinski definition) is 0. The molecule has 178 valence electrons. The van der Waals surface area contributed by atoms with Gasteiger partial charge in [-0.15, -0.1) is 0 Å². The van der Waals surface area contributed by atoms with E-state index < -0.39 is 0 Å². The molecule has 0 N–H and O–H groups in total. The van der Waals surface area contributed by atoms with Crippen LogP contribution in [0, 0.1) is 0 Å². The van der Waals surface area contributed by atoms with Gasteiger partial charge in [0.05, 0.1) is 0 Å². The Kier molecular flexibility index (Phi) is 7.06. The molecule has 0 saturated heterocycles. The molecule has 0 heterocycles. The molecule has 2 aromatic rings. The lowest BCUT2D eigenvalue weighted by Gasteiger charge is -2.45. The zero-order chi connectivity index (χ0) is 22.7. The van der Waals surface area contributed by atoms with Crippen LogP contribution in [0.4, 0.5) is 0 Å². The molecule has 3 saturated carbocycles. The highest BCUT2D eigenvalue weighted by atomic mass is 31.1. The Labute approximate surface area is 208 Å². The van der Waals surface area contributed by atoms with Crippen molar-refractivity contribution in [2.24, 2.45) is 0 Å².